The van der Waals surface area contributed by atoms with Gasteiger partial charge in [0.25, 0.3) is 5.91 Å². The first-order valence-electron chi connectivity index (χ1n) is 7.24. The molecule has 1 aromatic heterocycles. The van der Waals surface area contributed by atoms with Gasteiger partial charge in [0, 0.05) is 19.2 Å². The predicted octanol–water partition coefficient (Wildman–Crippen LogP) is 1.47. The van der Waals surface area contributed by atoms with Gasteiger partial charge in [-0.15, -0.1) is 5.10 Å². The number of hydrogen-bond acceptors (Lipinski definition) is 4. The maximum atomic E-state index is 13.6. The number of ether oxygens (including phenoxy) is 1. The largest absolute Gasteiger partial charge is 0.379 e. The first-order valence-corrected chi connectivity index (χ1v) is 7.24. The van der Waals surface area contributed by atoms with Crippen LogP contribution in [-0.4, -0.2) is 52.1 Å². The molecule has 0 radical (unpaired) electrons. The van der Waals surface area contributed by atoms with Gasteiger partial charge in [-0.05, 0) is 18.6 Å². The Morgan fingerprint density at radius 2 is 2.17 bits per heavy atom. The molecule has 1 amide bonds. The number of amides is 1. The average Bonchev–Trinajstić information content (AvgIpc) is 3.21. The van der Waals surface area contributed by atoms with E-state index in [-0.39, 0.29) is 29.8 Å². The summed E-state index contributed by atoms with van der Waals surface area (Å²) < 4.78 is 33.8. The standard InChI is InChI=1S/C15H16F2N4O2/c1-20(10-5-6-23-9-10)15(22)14-8-21(19-18-14)7-11-12(16)3-2-4-13(11)17/h2-4,8,10H,5-7,9H2,1H3. The maximum Gasteiger partial charge on any atom is 0.276 e. The van der Waals surface area contributed by atoms with Crippen molar-refractivity contribution in [3.8, 4) is 0 Å². The summed E-state index contributed by atoms with van der Waals surface area (Å²) in [6.45, 7) is 0.993. The second-order valence-electron chi connectivity index (χ2n) is 5.44. The van der Waals surface area contributed by atoms with Gasteiger partial charge in [0.15, 0.2) is 5.69 Å². The number of aromatic nitrogens is 3. The van der Waals surface area contributed by atoms with Crippen molar-refractivity contribution in [2.75, 3.05) is 20.3 Å². The zero-order chi connectivity index (χ0) is 16.4. The van der Waals surface area contributed by atoms with Crippen LogP contribution in [0, 0.1) is 11.6 Å². The first-order chi connectivity index (χ1) is 11.1. The van der Waals surface area contributed by atoms with E-state index in [1.54, 1.807) is 11.9 Å². The molecule has 23 heavy (non-hydrogen) atoms. The minimum atomic E-state index is -0.659. The highest BCUT2D eigenvalue weighted by molar-refractivity contribution is 5.92. The molecule has 1 aliphatic heterocycles. The number of carbonyl (C=O) groups excluding carboxylic acids is 1. The van der Waals surface area contributed by atoms with Crippen molar-refractivity contribution in [2.24, 2.45) is 0 Å². The lowest BCUT2D eigenvalue weighted by molar-refractivity contribution is 0.0705. The van der Waals surface area contributed by atoms with Gasteiger partial charge in [-0.25, -0.2) is 13.5 Å². The van der Waals surface area contributed by atoms with Crippen LogP contribution in [0.25, 0.3) is 0 Å². The molecule has 6 nitrogen and oxygen atoms in total. The Kier molecular flexibility index (Phi) is 4.33. The highest BCUT2D eigenvalue weighted by Crippen LogP contribution is 2.15. The number of hydrogen-bond donors (Lipinski definition) is 0. The van der Waals surface area contributed by atoms with Crippen LogP contribution in [0.5, 0.6) is 0 Å². The minimum absolute atomic E-state index is 0.0108. The third-order valence-corrected chi connectivity index (χ3v) is 3.91. The average molecular weight is 322 g/mol. The lowest BCUT2D eigenvalue weighted by Gasteiger charge is -2.21. The summed E-state index contributed by atoms with van der Waals surface area (Å²) in [4.78, 5) is 13.9. The maximum absolute atomic E-state index is 13.6. The van der Waals surface area contributed by atoms with Crippen molar-refractivity contribution in [1.29, 1.82) is 0 Å². The summed E-state index contributed by atoms with van der Waals surface area (Å²) in [6.07, 6.45) is 2.16. The molecule has 0 bridgehead atoms. The van der Waals surface area contributed by atoms with Crippen LogP contribution < -0.4 is 0 Å². The normalized spacial score (nSPS) is 17.4. The smallest absolute Gasteiger partial charge is 0.276 e. The van der Waals surface area contributed by atoms with Gasteiger partial charge >= 0.3 is 0 Å². The zero-order valence-corrected chi connectivity index (χ0v) is 12.6. The van der Waals surface area contributed by atoms with Crippen LogP contribution in [0.3, 0.4) is 0 Å². The number of nitrogens with zero attached hydrogens (tertiary/aromatic N) is 4. The van der Waals surface area contributed by atoms with Crippen molar-refractivity contribution >= 4 is 5.91 Å². The lowest BCUT2D eigenvalue weighted by atomic mass is 10.2. The zero-order valence-electron chi connectivity index (χ0n) is 12.6. The van der Waals surface area contributed by atoms with Crippen molar-refractivity contribution in [1.82, 2.24) is 19.9 Å². The topological polar surface area (TPSA) is 60.2 Å². The number of rotatable bonds is 4. The van der Waals surface area contributed by atoms with Crippen molar-refractivity contribution < 1.29 is 18.3 Å². The number of likely N-dealkylation sites (N-methyl/N-ethyl adjacent to an activating group) is 1. The Labute approximate surface area is 131 Å². The number of benzene rings is 1. The molecule has 1 aromatic carbocycles. The number of carbonyl (C=O) groups is 1. The van der Waals surface area contributed by atoms with Crippen molar-refractivity contribution in [3.63, 3.8) is 0 Å². The molecular formula is C15H16F2N4O2. The fourth-order valence-corrected chi connectivity index (χ4v) is 2.49. The van der Waals surface area contributed by atoms with Gasteiger partial charge in [0.1, 0.15) is 11.6 Å². The molecular weight excluding hydrogens is 306 g/mol. The van der Waals surface area contributed by atoms with Gasteiger partial charge < -0.3 is 9.64 Å². The second kappa shape index (κ2) is 6.41. The van der Waals surface area contributed by atoms with Crippen LogP contribution in [0.1, 0.15) is 22.5 Å². The summed E-state index contributed by atoms with van der Waals surface area (Å²) in [5, 5.41) is 7.58. The molecule has 122 valence electrons. The Balaban J connectivity index is 1.74. The molecule has 2 heterocycles. The Bertz CT molecular complexity index is 693. The van der Waals surface area contributed by atoms with E-state index < -0.39 is 11.6 Å². The molecule has 0 saturated carbocycles. The quantitative estimate of drug-likeness (QED) is 0.855. The van der Waals surface area contributed by atoms with Crippen LogP contribution in [0.4, 0.5) is 8.78 Å². The van der Waals surface area contributed by atoms with Gasteiger partial charge in [-0.2, -0.15) is 0 Å². The molecule has 3 rings (SSSR count). The fourth-order valence-electron chi connectivity index (χ4n) is 2.49. The molecule has 2 aromatic rings. The van der Waals surface area contributed by atoms with Crippen LogP contribution in [0.15, 0.2) is 24.4 Å². The summed E-state index contributed by atoms with van der Waals surface area (Å²) in [5.41, 5.74) is 0.0186. The molecule has 1 aliphatic rings. The lowest BCUT2D eigenvalue weighted by Crippen LogP contribution is -2.37. The van der Waals surface area contributed by atoms with Crippen molar-refractivity contribution in [2.45, 2.75) is 19.0 Å². The molecule has 1 unspecified atom stereocenters. The van der Waals surface area contributed by atoms with Gasteiger partial charge in [0.2, 0.25) is 0 Å². The van der Waals surface area contributed by atoms with E-state index >= 15 is 0 Å². The Morgan fingerprint density at radius 1 is 1.43 bits per heavy atom. The van der Waals surface area contributed by atoms with E-state index in [1.807, 2.05) is 0 Å². The Hall–Kier alpha value is -2.35. The second-order valence-corrected chi connectivity index (χ2v) is 5.44. The van der Waals surface area contributed by atoms with Gasteiger partial charge in [-0.3, -0.25) is 4.79 Å². The van der Waals surface area contributed by atoms with Crippen LogP contribution in [0.2, 0.25) is 0 Å². The van der Waals surface area contributed by atoms with E-state index in [1.165, 1.54) is 29.1 Å². The van der Waals surface area contributed by atoms with Gasteiger partial charge in [-0.1, -0.05) is 11.3 Å². The molecule has 8 heteroatoms. The SMILES string of the molecule is CN(C(=O)c1cn(Cc2c(F)cccc2F)nn1)C1CCOC1. The minimum Gasteiger partial charge on any atom is -0.379 e. The molecule has 1 saturated heterocycles. The fraction of sp³-hybridized carbons (Fsp3) is 0.400. The Morgan fingerprint density at radius 3 is 2.83 bits per heavy atom. The summed E-state index contributed by atoms with van der Waals surface area (Å²) in [6, 6.07) is 3.66. The number of halogens is 2. The summed E-state index contributed by atoms with van der Waals surface area (Å²) >= 11 is 0. The van der Waals surface area contributed by atoms with E-state index in [4.69, 9.17) is 4.74 Å². The molecule has 0 N–H and O–H groups in total. The van der Waals surface area contributed by atoms with Crippen LogP contribution in [-0.2, 0) is 11.3 Å². The highest BCUT2D eigenvalue weighted by Gasteiger charge is 2.26. The van der Waals surface area contributed by atoms with E-state index in [2.05, 4.69) is 10.3 Å². The molecule has 0 spiro atoms. The molecule has 0 aliphatic carbocycles. The molecule has 1 atom stereocenters. The third-order valence-electron chi connectivity index (χ3n) is 3.91. The van der Waals surface area contributed by atoms with Crippen molar-refractivity contribution in [3.05, 3.63) is 47.3 Å². The van der Waals surface area contributed by atoms with E-state index in [0.717, 1.165) is 6.42 Å². The van der Waals surface area contributed by atoms with Crippen LogP contribution >= 0.6 is 0 Å². The third kappa shape index (κ3) is 3.21. The molecule has 1 fully saturated rings. The monoisotopic (exact) mass is 322 g/mol. The summed E-state index contributed by atoms with van der Waals surface area (Å²) in [7, 11) is 1.68. The first kappa shape index (κ1) is 15.5. The van der Waals surface area contributed by atoms with E-state index in [0.29, 0.717) is 13.2 Å². The highest BCUT2D eigenvalue weighted by atomic mass is 19.1. The van der Waals surface area contributed by atoms with Gasteiger partial charge in [0.05, 0.1) is 25.4 Å². The van der Waals surface area contributed by atoms with E-state index in [9.17, 15) is 13.6 Å². The predicted molar refractivity (Wildman–Crippen MR) is 76.8 cm³/mol. The summed E-state index contributed by atoms with van der Waals surface area (Å²) in [5.74, 6) is -1.61.